The van der Waals surface area contributed by atoms with E-state index in [0.29, 0.717) is 5.92 Å². The van der Waals surface area contributed by atoms with Crippen LogP contribution in [-0.4, -0.2) is 17.7 Å². The molecule has 0 saturated heterocycles. The van der Waals surface area contributed by atoms with Crippen molar-refractivity contribution in [1.29, 1.82) is 0 Å². The number of halogens is 1. The number of aromatic nitrogens is 1. The number of aromatic amines is 1. The molecule has 3 rings (SSSR count). The maximum Gasteiger partial charge on any atom is 0.0594 e. The highest BCUT2D eigenvalue weighted by Gasteiger charge is 2.09. The fourth-order valence-corrected chi connectivity index (χ4v) is 3.29. The van der Waals surface area contributed by atoms with Crippen molar-refractivity contribution in [2.45, 2.75) is 39.0 Å². The quantitative estimate of drug-likeness (QED) is 0.204. The number of aliphatic imine (C=N–C) groups is 1. The molecule has 2 aromatic rings. The molecule has 1 heterocycles. The van der Waals surface area contributed by atoms with Crippen LogP contribution >= 0.6 is 11.6 Å². The zero-order valence-corrected chi connectivity index (χ0v) is 19.4. The third-order valence-corrected chi connectivity index (χ3v) is 5.20. The lowest BCUT2D eigenvalue weighted by molar-refractivity contribution is 0.703. The lowest BCUT2D eigenvalue weighted by Crippen LogP contribution is -2.04. The number of nitrogens with two attached hydrogens (primary N) is 1. The molecule has 0 aliphatic heterocycles. The standard InChI is InChI=1S/C16H21N3.C11H11Cl/c1-12(13-6-8-14(17)9-7-13)5-10-15(18-2)16-4-3-11-19-16;1-9(2)8-10-4-3-5-11(12)7-6-10/h3-4,6-9,11-12,19H,5,10,17H2,1-2H3;3,5-7H,1,8H2,2H3. The Hall–Kier alpha value is -3.00. The molecule has 1 aromatic heterocycles. The van der Waals surface area contributed by atoms with E-state index < -0.39 is 0 Å². The third-order valence-electron chi connectivity index (χ3n) is 4.95. The number of H-pyrrole nitrogens is 1. The van der Waals surface area contributed by atoms with Gasteiger partial charge >= 0.3 is 0 Å². The second-order valence-corrected chi connectivity index (χ2v) is 8.15. The summed E-state index contributed by atoms with van der Waals surface area (Å²) in [4.78, 5) is 7.59. The molecule has 0 fully saturated rings. The zero-order chi connectivity index (χ0) is 22.6. The van der Waals surface area contributed by atoms with Crippen molar-refractivity contribution in [2.75, 3.05) is 12.8 Å². The van der Waals surface area contributed by atoms with E-state index in [4.69, 9.17) is 17.3 Å². The SMILES string of the molecule is C=C(C)CC1=C=CC=C(Cl)C=C1.CN=C(CCC(C)c1ccc(N)cc1)c1ccc[nH]1. The van der Waals surface area contributed by atoms with Gasteiger partial charge in [-0.05, 0) is 85.4 Å². The molecule has 0 amide bonds. The van der Waals surface area contributed by atoms with E-state index in [0.717, 1.165) is 52.5 Å². The van der Waals surface area contributed by atoms with E-state index >= 15 is 0 Å². The van der Waals surface area contributed by atoms with Crippen LogP contribution in [-0.2, 0) is 0 Å². The summed E-state index contributed by atoms with van der Waals surface area (Å²) < 4.78 is 0. The number of anilines is 1. The average molecular weight is 434 g/mol. The summed E-state index contributed by atoms with van der Waals surface area (Å²) in [6.07, 6.45) is 12.4. The van der Waals surface area contributed by atoms with Crippen molar-refractivity contribution in [3.8, 4) is 0 Å². The second-order valence-electron chi connectivity index (χ2n) is 7.72. The number of nitrogens with zero attached hydrogens (tertiary/aromatic N) is 1. The largest absolute Gasteiger partial charge is 0.399 e. The molecule has 4 heteroatoms. The number of hydrogen-bond donors (Lipinski definition) is 2. The summed E-state index contributed by atoms with van der Waals surface area (Å²) in [7, 11) is 1.85. The molecule has 1 aliphatic rings. The number of rotatable bonds is 7. The van der Waals surface area contributed by atoms with Gasteiger partial charge in [0.15, 0.2) is 0 Å². The third kappa shape index (κ3) is 8.72. The number of allylic oxidation sites excluding steroid dienone is 6. The lowest BCUT2D eigenvalue weighted by atomic mass is 9.94. The summed E-state index contributed by atoms with van der Waals surface area (Å²) in [6, 6.07) is 12.2. The van der Waals surface area contributed by atoms with Crippen molar-refractivity contribution in [3.05, 3.63) is 107 Å². The highest BCUT2D eigenvalue weighted by Crippen LogP contribution is 2.22. The van der Waals surface area contributed by atoms with Gasteiger partial charge in [0.1, 0.15) is 0 Å². The van der Waals surface area contributed by atoms with Crippen LogP contribution in [0.15, 0.2) is 100 Å². The molecule has 1 aromatic carbocycles. The van der Waals surface area contributed by atoms with Gasteiger partial charge in [-0.25, -0.2) is 0 Å². The van der Waals surface area contributed by atoms with Crippen molar-refractivity contribution in [1.82, 2.24) is 4.98 Å². The van der Waals surface area contributed by atoms with E-state index in [2.05, 4.69) is 47.4 Å². The molecule has 0 spiro atoms. The molecule has 3 nitrogen and oxygen atoms in total. The monoisotopic (exact) mass is 433 g/mol. The lowest BCUT2D eigenvalue weighted by Gasteiger charge is -2.12. The number of nitrogens with one attached hydrogen (secondary N) is 1. The Morgan fingerprint density at radius 2 is 1.97 bits per heavy atom. The van der Waals surface area contributed by atoms with E-state index in [1.165, 1.54) is 5.56 Å². The van der Waals surface area contributed by atoms with E-state index in [1.807, 2.05) is 62.7 Å². The van der Waals surface area contributed by atoms with E-state index in [1.54, 1.807) is 0 Å². The second kappa shape index (κ2) is 12.6. The first-order chi connectivity index (χ1) is 14.9. The summed E-state index contributed by atoms with van der Waals surface area (Å²) in [5.41, 5.74) is 15.5. The summed E-state index contributed by atoms with van der Waals surface area (Å²) in [5, 5.41) is 0.735. The molecule has 0 saturated carbocycles. The Kier molecular flexibility index (Phi) is 9.90. The Morgan fingerprint density at radius 1 is 1.23 bits per heavy atom. The van der Waals surface area contributed by atoms with E-state index in [9.17, 15) is 0 Å². The fraction of sp³-hybridized carbons (Fsp3) is 0.259. The van der Waals surface area contributed by atoms with Gasteiger partial charge in [0.2, 0.25) is 0 Å². The molecule has 1 unspecified atom stereocenters. The van der Waals surface area contributed by atoms with Crippen LogP contribution in [0.3, 0.4) is 0 Å². The number of nitrogen functional groups attached to an aromatic ring is 1. The minimum absolute atomic E-state index is 0.507. The summed E-state index contributed by atoms with van der Waals surface area (Å²) >= 11 is 5.79. The smallest absolute Gasteiger partial charge is 0.0594 e. The Bertz CT molecular complexity index is 999. The van der Waals surface area contributed by atoms with Gasteiger partial charge in [-0.15, -0.1) is 5.73 Å². The molecule has 3 N–H and O–H groups in total. The normalized spacial score (nSPS) is 14.1. The Balaban J connectivity index is 0.000000245. The van der Waals surface area contributed by atoms with Crippen LogP contribution in [0.2, 0.25) is 0 Å². The van der Waals surface area contributed by atoms with Gasteiger partial charge in [0.05, 0.1) is 11.4 Å². The van der Waals surface area contributed by atoms with Gasteiger partial charge in [-0.1, -0.05) is 42.8 Å². The predicted octanol–water partition coefficient (Wildman–Crippen LogP) is 7.33. The maximum absolute atomic E-state index is 5.79. The van der Waals surface area contributed by atoms with Crippen LogP contribution in [0.1, 0.15) is 50.3 Å². The van der Waals surface area contributed by atoms with Crippen LogP contribution in [0.5, 0.6) is 0 Å². The van der Waals surface area contributed by atoms with Crippen LogP contribution in [0, 0.1) is 0 Å². The first-order valence-corrected chi connectivity index (χ1v) is 10.9. The van der Waals surface area contributed by atoms with Gasteiger partial charge < -0.3 is 10.7 Å². The zero-order valence-electron chi connectivity index (χ0n) is 18.7. The van der Waals surface area contributed by atoms with Crippen molar-refractivity contribution in [3.63, 3.8) is 0 Å². The van der Waals surface area contributed by atoms with Crippen molar-refractivity contribution in [2.24, 2.45) is 4.99 Å². The minimum atomic E-state index is 0.507. The molecule has 1 atom stereocenters. The van der Waals surface area contributed by atoms with Crippen LogP contribution < -0.4 is 5.73 Å². The maximum atomic E-state index is 5.79. The molecule has 1 aliphatic carbocycles. The Labute approximate surface area is 191 Å². The first kappa shape index (κ1) is 24.3. The molecule has 162 valence electrons. The van der Waals surface area contributed by atoms with Gasteiger partial charge in [-0.2, -0.15) is 0 Å². The first-order valence-electron chi connectivity index (χ1n) is 10.5. The van der Waals surface area contributed by atoms with Gasteiger partial charge in [0, 0.05) is 30.4 Å². The number of hydrogen-bond acceptors (Lipinski definition) is 2. The molecular weight excluding hydrogens is 402 g/mol. The summed E-state index contributed by atoms with van der Waals surface area (Å²) in [5.74, 6) is 0.507. The Morgan fingerprint density at radius 3 is 2.58 bits per heavy atom. The predicted molar refractivity (Wildman–Crippen MR) is 136 cm³/mol. The van der Waals surface area contributed by atoms with Gasteiger partial charge in [0.25, 0.3) is 0 Å². The van der Waals surface area contributed by atoms with Crippen LogP contribution in [0.25, 0.3) is 0 Å². The highest BCUT2D eigenvalue weighted by molar-refractivity contribution is 6.31. The van der Waals surface area contributed by atoms with Crippen molar-refractivity contribution < 1.29 is 0 Å². The van der Waals surface area contributed by atoms with E-state index in [-0.39, 0.29) is 0 Å². The van der Waals surface area contributed by atoms with Crippen LogP contribution in [0.4, 0.5) is 5.69 Å². The van der Waals surface area contributed by atoms with Gasteiger partial charge in [-0.3, -0.25) is 4.99 Å². The minimum Gasteiger partial charge on any atom is -0.399 e. The number of benzene rings is 1. The fourth-order valence-electron chi connectivity index (χ4n) is 3.17. The molecule has 31 heavy (non-hydrogen) atoms. The molecular formula is C27H32ClN3. The average Bonchev–Trinajstić information content (AvgIpc) is 3.20. The molecule has 0 radical (unpaired) electrons. The topological polar surface area (TPSA) is 54.2 Å². The highest BCUT2D eigenvalue weighted by atomic mass is 35.5. The molecule has 0 bridgehead atoms. The summed E-state index contributed by atoms with van der Waals surface area (Å²) in [6.45, 7) is 8.09. The van der Waals surface area contributed by atoms with Crippen molar-refractivity contribution >= 4 is 23.0 Å².